The second kappa shape index (κ2) is 10.4. The van der Waals surface area contributed by atoms with Crippen LogP contribution in [0, 0.1) is 25.5 Å². The average Bonchev–Trinajstić information content (AvgIpc) is 3.45. The maximum atomic E-state index is 14.8. The van der Waals surface area contributed by atoms with Gasteiger partial charge in [0.1, 0.15) is 34.8 Å². The molecule has 1 amide bonds. The molecule has 0 aliphatic heterocycles. The second-order valence-electron chi connectivity index (χ2n) is 9.03. The van der Waals surface area contributed by atoms with E-state index in [4.69, 9.17) is 20.5 Å². The summed E-state index contributed by atoms with van der Waals surface area (Å²) in [6, 6.07) is 16.4. The van der Waals surface area contributed by atoms with Crippen LogP contribution in [0.4, 0.5) is 8.78 Å². The van der Waals surface area contributed by atoms with E-state index in [-0.39, 0.29) is 17.0 Å². The Morgan fingerprint density at radius 2 is 1.74 bits per heavy atom. The number of halogens is 3. The minimum atomic E-state index is -1.06. The van der Waals surface area contributed by atoms with Crippen LogP contribution in [0.25, 0.3) is 11.0 Å². The number of aliphatic hydroxyl groups is 1. The van der Waals surface area contributed by atoms with E-state index in [1.54, 1.807) is 68.4 Å². The van der Waals surface area contributed by atoms with Crippen LogP contribution in [-0.4, -0.2) is 16.2 Å². The molecule has 2 atom stereocenters. The SMILES string of the molecule is Cc1noc(C)c1C(O)c1cc2cc(CC(=O)NC(c3ccccc3)c3c(F)cc(Cl)cc3F)ccc2o1. The summed E-state index contributed by atoms with van der Waals surface area (Å²) in [5.41, 5.74) is 2.51. The Morgan fingerprint density at radius 1 is 1.03 bits per heavy atom. The summed E-state index contributed by atoms with van der Waals surface area (Å²) in [7, 11) is 0. The van der Waals surface area contributed by atoms with Gasteiger partial charge in [0, 0.05) is 10.4 Å². The lowest BCUT2D eigenvalue weighted by Gasteiger charge is -2.21. The van der Waals surface area contributed by atoms with Gasteiger partial charge in [-0.1, -0.05) is 53.2 Å². The van der Waals surface area contributed by atoms with Crippen LogP contribution in [0.3, 0.4) is 0 Å². The molecule has 6 nitrogen and oxygen atoms in total. The first kappa shape index (κ1) is 25.6. The van der Waals surface area contributed by atoms with Gasteiger partial charge >= 0.3 is 0 Å². The summed E-state index contributed by atoms with van der Waals surface area (Å²) in [5.74, 6) is -1.34. The van der Waals surface area contributed by atoms with Crippen molar-refractivity contribution in [1.29, 1.82) is 0 Å². The minimum Gasteiger partial charge on any atom is -0.458 e. The Kier molecular flexibility index (Phi) is 7.01. The number of fused-ring (bicyclic) bond motifs is 1. The highest BCUT2D eigenvalue weighted by Gasteiger charge is 2.26. The Bertz CT molecular complexity index is 1590. The van der Waals surface area contributed by atoms with E-state index < -0.39 is 29.7 Å². The van der Waals surface area contributed by atoms with E-state index in [0.29, 0.717) is 44.9 Å². The van der Waals surface area contributed by atoms with E-state index in [9.17, 15) is 18.7 Å². The van der Waals surface area contributed by atoms with Crippen molar-refractivity contribution in [2.45, 2.75) is 32.4 Å². The molecule has 5 rings (SSSR count). The van der Waals surface area contributed by atoms with Crippen molar-refractivity contribution in [3.63, 3.8) is 0 Å². The highest BCUT2D eigenvalue weighted by Crippen LogP contribution is 2.33. The molecule has 194 valence electrons. The smallest absolute Gasteiger partial charge is 0.225 e. The third-order valence-corrected chi connectivity index (χ3v) is 6.58. The monoisotopic (exact) mass is 536 g/mol. The fourth-order valence-electron chi connectivity index (χ4n) is 4.57. The van der Waals surface area contributed by atoms with Crippen molar-refractivity contribution in [3.8, 4) is 0 Å². The molecule has 38 heavy (non-hydrogen) atoms. The molecule has 0 fully saturated rings. The number of hydrogen-bond acceptors (Lipinski definition) is 5. The number of furan rings is 1. The Balaban J connectivity index is 1.39. The van der Waals surface area contributed by atoms with Crippen molar-refractivity contribution >= 4 is 28.5 Å². The molecule has 2 aromatic heterocycles. The van der Waals surface area contributed by atoms with Gasteiger partial charge in [-0.2, -0.15) is 0 Å². The standard InChI is InChI=1S/C29H23ClF2N2O4/c1-15-26(16(2)38-34-15)29(36)24-12-19-10-17(8-9-23(19)37-24)11-25(35)33-28(18-6-4-3-5-7-18)27-21(31)13-20(30)14-22(27)32/h3-10,12-14,28-29,36H,11H2,1-2H3,(H,33,35). The molecule has 0 radical (unpaired) electrons. The van der Waals surface area contributed by atoms with Crippen LogP contribution < -0.4 is 5.32 Å². The van der Waals surface area contributed by atoms with Gasteiger partial charge in [0.15, 0.2) is 0 Å². The lowest BCUT2D eigenvalue weighted by Crippen LogP contribution is -2.31. The summed E-state index contributed by atoms with van der Waals surface area (Å²) in [4.78, 5) is 13.1. The van der Waals surface area contributed by atoms with Crippen molar-refractivity contribution in [2.75, 3.05) is 0 Å². The molecule has 0 saturated heterocycles. The zero-order valence-electron chi connectivity index (χ0n) is 20.5. The number of nitrogens with one attached hydrogen (secondary N) is 1. The molecule has 2 N–H and O–H groups in total. The van der Waals surface area contributed by atoms with E-state index >= 15 is 0 Å². The van der Waals surface area contributed by atoms with Crippen molar-refractivity contribution in [3.05, 3.63) is 123 Å². The number of carbonyl (C=O) groups is 1. The number of aliphatic hydroxyl groups excluding tert-OH is 1. The molecule has 3 aromatic carbocycles. The molecule has 0 aliphatic carbocycles. The average molecular weight is 537 g/mol. The normalized spacial score (nSPS) is 13.0. The van der Waals surface area contributed by atoms with Crippen LogP contribution in [0.2, 0.25) is 5.02 Å². The molecular weight excluding hydrogens is 514 g/mol. The third kappa shape index (κ3) is 5.05. The topological polar surface area (TPSA) is 88.5 Å². The number of rotatable bonds is 7. The number of nitrogens with zero attached hydrogens (tertiary/aromatic N) is 1. The van der Waals surface area contributed by atoms with E-state index in [0.717, 1.165) is 12.1 Å². The van der Waals surface area contributed by atoms with Gasteiger partial charge in [0.05, 0.1) is 29.3 Å². The molecule has 0 saturated carbocycles. The van der Waals surface area contributed by atoms with Crippen LogP contribution in [0.1, 0.15) is 51.6 Å². The number of aromatic nitrogens is 1. The Hall–Kier alpha value is -4.01. The molecular formula is C29H23ClF2N2O4. The maximum absolute atomic E-state index is 14.8. The molecule has 9 heteroatoms. The van der Waals surface area contributed by atoms with Crippen molar-refractivity contribution < 1.29 is 27.6 Å². The molecule has 2 unspecified atom stereocenters. The van der Waals surface area contributed by atoms with Crippen LogP contribution in [-0.2, 0) is 11.2 Å². The number of amides is 1. The van der Waals surface area contributed by atoms with Gasteiger partial charge in [-0.15, -0.1) is 0 Å². The van der Waals surface area contributed by atoms with E-state index in [2.05, 4.69) is 10.5 Å². The fraction of sp³-hybridized carbons (Fsp3) is 0.172. The first-order chi connectivity index (χ1) is 18.2. The highest BCUT2D eigenvalue weighted by molar-refractivity contribution is 6.30. The largest absolute Gasteiger partial charge is 0.458 e. The van der Waals surface area contributed by atoms with Crippen LogP contribution in [0.15, 0.2) is 75.7 Å². The molecule has 2 heterocycles. The lowest BCUT2D eigenvalue weighted by molar-refractivity contribution is -0.120. The van der Waals surface area contributed by atoms with Crippen LogP contribution >= 0.6 is 11.6 Å². The molecule has 5 aromatic rings. The summed E-state index contributed by atoms with van der Waals surface area (Å²) in [6.07, 6.45) is -1.11. The predicted octanol–water partition coefficient (Wildman–Crippen LogP) is 6.50. The van der Waals surface area contributed by atoms with Gasteiger partial charge in [-0.05, 0) is 55.3 Å². The first-order valence-corrected chi connectivity index (χ1v) is 12.2. The number of benzene rings is 3. The van der Waals surface area contributed by atoms with Crippen LogP contribution in [0.5, 0.6) is 0 Å². The number of aryl methyl sites for hydroxylation is 2. The zero-order valence-corrected chi connectivity index (χ0v) is 21.2. The van der Waals surface area contributed by atoms with Gasteiger partial charge < -0.3 is 19.4 Å². The van der Waals surface area contributed by atoms with Gasteiger partial charge in [0.25, 0.3) is 0 Å². The summed E-state index contributed by atoms with van der Waals surface area (Å²) < 4.78 is 40.6. The molecule has 0 bridgehead atoms. The minimum absolute atomic E-state index is 0.0525. The lowest BCUT2D eigenvalue weighted by atomic mass is 9.97. The highest BCUT2D eigenvalue weighted by atomic mass is 35.5. The zero-order chi connectivity index (χ0) is 27.0. The number of carbonyl (C=O) groups excluding carboxylic acids is 1. The molecule has 0 spiro atoms. The predicted molar refractivity (Wildman–Crippen MR) is 138 cm³/mol. The number of hydrogen-bond donors (Lipinski definition) is 2. The molecule has 0 aliphatic rings. The summed E-state index contributed by atoms with van der Waals surface area (Å²) >= 11 is 5.80. The summed E-state index contributed by atoms with van der Waals surface area (Å²) in [6.45, 7) is 3.45. The van der Waals surface area contributed by atoms with Crippen molar-refractivity contribution in [1.82, 2.24) is 10.5 Å². The van der Waals surface area contributed by atoms with E-state index in [1.165, 1.54) is 0 Å². The quantitative estimate of drug-likeness (QED) is 0.248. The summed E-state index contributed by atoms with van der Waals surface area (Å²) in [5, 5.41) is 18.0. The van der Waals surface area contributed by atoms with Gasteiger partial charge in [-0.25, -0.2) is 8.78 Å². The Labute approximate surface area is 221 Å². The van der Waals surface area contributed by atoms with Gasteiger partial charge in [-0.3, -0.25) is 4.79 Å². The fourth-order valence-corrected chi connectivity index (χ4v) is 4.77. The Morgan fingerprint density at radius 3 is 2.39 bits per heavy atom. The van der Waals surface area contributed by atoms with Gasteiger partial charge in [0.2, 0.25) is 5.91 Å². The maximum Gasteiger partial charge on any atom is 0.225 e. The van der Waals surface area contributed by atoms with E-state index in [1.807, 2.05) is 0 Å². The second-order valence-corrected chi connectivity index (χ2v) is 9.47. The first-order valence-electron chi connectivity index (χ1n) is 11.8. The van der Waals surface area contributed by atoms with Crippen molar-refractivity contribution in [2.24, 2.45) is 0 Å². The third-order valence-electron chi connectivity index (χ3n) is 6.37.